The van der Waals surface area contributed by atoms with Gasteiger partial charge in [-0.2, -0.15) is 5.26 Å². The number of para-hydroxylation sites is 4. The van der Waals surface area contributed by atoms with Crippen LogP contribution in [-0.2, 0) is 0 Å². The molecule has 9 rings (SSSR count). The predicted molar refractivity (Wildman–Crippen MR) is 172 cm³/mol. The van der Waals surface area contributed by atoms with Gasteiger partial charge in [0.15, 0.2) is 0 Å². The van der Waals surface area contributed by atoms with Crippen molar-refractivity contribution in [3.63, 3.8) is 0 Å². The standard InChI is InChI=1S/C37H21B2NO3/c40-22-23-21-34-36-37(43-33-20-10-6-16-29(33)39(36)28-15-5-9-19-32(28)42-34)35(23)24-11-1-2-12-25(24)38-26-13-3-7-17-30(26)41-31-18-8-4-14-27(31)38/h1-21H. The van der Waals surface area contributed by atoms with E-state index in [1.165, 1.54) is 0 Å². The van der Waals surface area contributed by atoms with Crippen LogP contribution in [0.25, 0.3) is 11.1 Å². The van der Waals surface area contributed by atoms with Crippen LogP contribution in [0.1, 0.15) is 5.56 Å². The quantitative estimate of drug-likeness (QED) is 0.297. The molecule has 3 aliphatic rings. The molecule has 0 fully saturated rings. The fraction of sp³-hybridized carbons (Fsp3) is 0. The molecule has 43 heavy (non-hydrogen) atoms. The van der Waals surface area contributed by atoms with E-state index in [2.05, 4.69) is 60.7 Å². The zero-order chi connectivity index (χ0) is 28.5. The Bertz CT molecular complexity index is 2110. The van der Waals surface area contributed by atoms with Crippen LogP contribution in [0.3, 0.4) is 0 Å². The molecule has 198 valence electrons. The van der Waals surface area contributed by atoms with Gasteiger partial charge in [0.1, 0.15) is 40.6 Å². The molecule has 6 heteroatoms. The summed E-state index contributed by atoms with van der Waals surface area (Å²) >= 11 is 0. The van der Waals surface area contributed by atoms with Gasteiger partial charge in [-0.3, -0.25) is 0 Å². The molecule has 0 amide bonds. The average molecular weight is 549 g/mol. The SMILES string of the molecule is N#Cc1cc2c3c(c1-c1ccccc1B1c4ccccc4Oc4ccccc41)Oc1ccccc1B3c1ccccc1O2. The van der Waals surface area contributed by atoms with Crippen molar-refractivity contribution in [2.24, 2.45) is 0 Å². The van der Waals surface area contributed by atoms with E-state index >= 15 is 0 Å². The number of fused-ring (bicyclic) bond motifs is 6. The van der Waals surface area contributed by atoms with E-state index in [4.69, 9.17) is 14.2 Å². The van der Waals surface area contributed by atoms with Gasteiger partial charge in [0.2, 0.25) is 0 Å². The van der Waals surface area contributed by atoms with Gasteiger partial charge in [-0.15, -0.1) is 0 Å². The highest BCUT2D eigenvalue weighted by Gasteiger charge is 2.43. The highest BCUT2D eigenvalue weighted by molar-refractivity contribution is 6.99. The minimum absolute atomic E-state index is 0.0805. The van der Waals surface area contributed by atoms with Gasteiger partial charge >= 0.3 is 0 Å². The van der Waals surface area contributed by atoms with Crippen molar-refractivity contribution < 1.29 is 14.2 Å². The second-order valence-corrected chi connectivity index (χ2v) is 11.1. The lowest BCUT2D eigenvalue weighted by Gasteiger charge is -2.35. The first-order chi connectivity index (χ1) is 21.3. The van der Waals surface area contributed by atoms with E-state index in [0.717, 1.165) is 66.9 Å². The molecule has 0 aliphatic carbocycles. The first-order valence-electron chi connectivity index (χ1n) is 14.4. The summed E-state index contributed by atoms with van der Waals surface area (Å²) in [4.78, 5) is 0. The van der Waals surface area contributed by atoms with Crippen molar-refractivity contribution in [3.05, 3.63) is 133 Å². The van der Waals surface area contributed by atoms with E-state index < -0.39 is 0 Å². The lowest BCUT2D eigenvalue weighted by Crippen LogP contribution is -2.57. The molecule has 0 N–H and O–H groups in total. The fourth-order valence-corrected chi connectivity index (χ4v) is 7.02. The smallest absolute Gasteiger partial charge is 0.260 e. The minimum atomic E-state index is -0.101. The summed E-state index contributed by atoms with van der Waals surface area (Å²) in [7, 11) is 0. The zero-order valence-corrected chi connectivity index (χ0v) is 23.0. The zero-order valence-electron chi connectivity index (χ0n) is 23.0. The summed E-state index contributed by atoms with van der Waals surface area (Å²) < 4.78 is 19.6. The van der Waals surface area contributed by atoms with Crippen molar-refractivity contribution >= 4 is 46.2 Å². The summed E-state index contributed by atoms with van der Waals surface area (Å²) in [5.74, 6) is 4.60. The number of nitrogens with zero attached hydrogens (tertiary/aromatic N) is 1. The first kappa shape index (κ1) is 24.0. The van der Waals surface area contributed by atoms with Crippen molar-refractivity contribution in [3.8, 4) is 51.7 Å². The van der Waals surface area contributed by atoms with Crippen molar-refractivity contribution in [2.75, 3.05) is 0 Å². The Morgan fingerprint density at radius 3 is 1.47 bits per heavy atom. The van der Waals surface area contributed by atoms with Gasteiger partial charge in [-0.25, -0.2) is 0 Å². The number of ether oxygens (including phenoxy) is 3. The van der Waals surface area contributed by atoms with E-state index in [1.807, 2.05) is 72.8 Å². The molecule has 0 atom stereocenters. The summed E-state index contributed by atoms with van der Waals surface area (Å²) in [5, 5.41) is 10.6. The number of hydrogen-bond donors (Lipinski definition) is 0. The van der Waals surface area contributed by atoms with Crippen LogP contribution in [0.15, 0.2) is 127 Å². The fourth-order valence-electron chi connectivity index (χ4n) is 7.02. The Morgan fingerprint density at radius 1 is 0.465 bits per heavy atom. The summed E-state index contributed by atoms with van der Waals surface area (Å²) in [6.07, 6.45) is 0. The Kier molecular flexibility index (Phi) is 5.12. The number of benzene rings is 6. The third-order valence-corrected chi connectivity index (χ3v) is 8.80. The molecule has 3 heterocycles. The molecular formula is C37H21B2NO3. The third kappa shape index (κ3) is 3.46. The topological polar surface area (TPSA) is 51.5 Å². The molecule has 0 aromatic heterocycles. The number of hydrogen-bond acceptors (Lipinski definition) is 4. The number of nitriles is 1. The van der Waals surface area contributed by atoms with Crippen molar-refractivity contribution in [1.29, 1.82) is 5.26 Å². The van der Waals surface area contributed by atoms with Crippen LogP contribution in [0.5, 0.6) is 34.5 Å². The van der Waals surface area contributed by atoms with Gasteiger partial charge in [-0.1, -0.05) is 103 Å². The Labute approximate surface area is 249 Å². The van der Waals surface area contributed by atoms with Crippen LogP contribution < -0.4 is 47.0 Å². The highest BCUT2D eigenvalue weighted by Crippen LogP contribution is 2.42. The van der Waals surface area contributed by atoms with Crippen molar-refractivity contribution in [2.45, 2.75) is 0 Å². The molecule has 0 spiro atoms. The monoisotopic (exact) mass is 549 g/mol. The van der Waals surface area contributed by atoms with Gasteiger partial charge in [0.25, 0.3) is 13.4 Å². The average Bonchev–Trinajstić information content (AvgIpc) is 3.07. The molecule has 0 radical (unpaired) electrons. The van der Waals surface area contributed by atoms with E-state index in [-0.39, 0.29) is 13.4 Å². The molecular weight excluding hydrogens is 528 g/mol. The molecule has 4 nitrogen and oxygen atoms in total. The van der Waals surface area contributed by atoms with Crippen LogP contribution >= 0.6 is 0 Å². The maximum absolute atomic E-state index is 10.6. The summed E-state index contributed by atoms with van der Waals surface area (Å²) in [6, 6.07) is 45.4. The van der Waals surface area contributed by atoms with E-state index in [9.17, 15) is 5.26 Å². The van der Waals surface area contributed by atoms with Crippen LogP contribution in [0, 0.1) is 11.3 Å². The maximum Gasteiger partial charge on any atom is 0.260 e. The lowest BCUT2D eigenvalue weighted by atomic mass is 9.34. The second kappa shape index (κ2) is 9.17. The molecule has 3 aliphatic heterocycles. The lowest BCUT2D eigenvalue weighted by molar-refractivity contribution is 0.465. The minimum Gasteiger partial charge on any atom is -0.458 e. The van der Waals surface area contributed by atoms with E-state index in [1.54, 1.807) is 0 Å². The highest BCUT2D eigenvalue weighted by atomic mass is 16.5. The van der Waals surface area contributed by atoms with E-state index in [0.29, 0.717) is 17.1 Å². The molecule has 0 unspecified atom stereocenters. The number of rotatable bonds is 2. The molecule has 0 bridgehead atoms. The molecule has 6 aromatic rings. The Hall–Kier alpha value is -5.66. The van der Waals surface area contributed by atoms with Gasteiger partial charge in [-0.05, 0) is 57.7 Å². The molecule has 0 saturated heterocycles. The summed E-state index contributed by atoms with van der Waals surface area (Å²) in [5.41, 5.74) is 8.61. The maximum atomic E-state index is 10.6. The van der Waals surface area contributed by atoms with Crippen LogP contribution in [-0.4, -0.2) is 13.4 Å². The van der Waals surface area contributed by atoms with Crippen LogP contribution in [0.2, 0.25) is 0 Å². The second-order valence-electron chi connectivity index (χ2n) is 11.1. The molecule has 6 aromatic carbocycles. The third-order valence-electron chi connectivity index (χ3n) is 8.80. The van der Waals surface area contributed by atoms with Gasteiger partial charge < -0.3 is 14.2 Å². The van der Waals surface area contributed by atoms with Crippen molar-refractivity contribution in [1.82, 2.24) is 0 Å². The Morgan fingerprint density at radius 2 is 0.907 bits per heavy atom. The van der Waals surface area contributed by atoms with Crippen LogP contribution in [0.4, 0.5) is 0 Å². The summed E-state index contributed by atoms with van der Waals surface area (Å²) in [6.45, 7) is -0.182. The van der Waals surface area contributed by atoms with Gasteiger partial charge in [0, 0.05) is 11.0 Å². The normalized spacial score (nSPS) is 13.1. The predicted octanol–water partition coefficient (Wildman–Crippen LogP) is 4.57. The Balaban J connectivity index is 1.34. The largest absolute Gasteiger partial charge is 0.458 e. The first-order valence-corrected chi connectivity index (χ1v) is 14.4. The van der Waals surface area contributed by atoms with Gasteiger partial charge in [0.05, 0.1) is 5.56 Å². The molecule has 0 saturated carbocycles.